The summed E-state index contributed by atoms with van der Waals surface area (Å²) >= 11 is 0. The first-order valence-corrected chi connectivity index (χ1v) is 7.87. The molecule has 21 heavy (non-hydrogen) atoms. The van der Waals surface area contributed by atoms with Crippen LogP contribution in [-0.2, 0) is 19.1 Å². The van der Waals surface area contributed by atoms with E-state index in [1.54, 1.807) is 0 Å². The van der Waals surface area contributed by atoms with Crippen LogP contribution in [0.15, 0.2) is 0 Å². The number of esters is 1. The molecule has 2 aliphatic heterocycles. The topological polar surface area (TPSA) is 81.9 Å². The largest absolute Gasteiger partial charge is 0.466 e. The van der Waals surface area contributed by atoms with E-state index in [4.69, 9.17) is 15.2 Å². The van der Waals surface area contributed by atoms with E-state index in [1.807, 2.05) is 11.8 Å². The molecule has 0 aromatic heterocycles. The molecule has 0 spiro atoms. The van der Waals surface area contributed by atoms with Crippen LogP contribution in [-0.4, -0.2) is 56.2 Å². The van der Waals surface area contributed by atoms with Gasteiger partial charge in [-0.15, -0.1) is 0 Å². The number of amides is 1. The Morgan fingerprint density at radius 1 is 1.29 bits per heavy atom. The van der Waals surface area contributed by atoms with Gasteiger partial charge in [-0.2, -0.15) is 0 Å². The van der Waals surface area contributed by atoms with Crippen molar-refractivity contribution in [2.75, 3.05) is 39.5 Å². The highest BCUT2D eigenvalue weighted by Crippen LogP contribution is 2.33. The molecule has 120 valence electrons. The fourth-order valence-corrected chi connectivity index (χ4v) is 3.18. The number of hydrogen-bond acceptors (Lipinski definition) is 5. The van der Waals surface area contributed by atoms with Crippen molar-refractivity contribution in [3.8, 4) is 0 Å². The lowest BCUT2D eigenvalue weighted by Crippen LogP contribution is -2.53. The molecular weight excluding hydrogens is 272 g/mol. The summed E-state index contributed by atoms with van der Waals surface area (Å²) in [6, 6.07) is 0. The molecule has 0 aromatic carbocycles. The summed E-state index contributed by atoms with van der Waals surface area (Å²) in [7, 11) is 0. The van der Waals surface area contributed by atoms with Gasteiger partial charge in [0.05, 0.1) is 17.9 Å². The molecule has 0 atom stereocenters. The summed E-state index contributed by atoms with van der Waals surface area (Å²) in [6.07, 6.45) is 2.75. The average Bonchev–Trinajstić information content (AvgIpc) is 2.55. The second-order valence-corrected chi connectivity index (χ2v) is 5.92. The molecule has 6 heteroatoms. The monoisotopic (exact) mass is 298 g/mol. The molecule has 0 saturated carbocycles. The predicted octanol–water partition coefficient (Wildman–Crippen LogP) is 0.544. The van der Waals surface area contributed by atoms with Crippen molar-refractivity contribution in [3.05, 3.63) is 0 Å². The molecule has 2 fully saturated rings. The number of nitrogens with two attached hydrogens (primary N) is 1. The van der Waals surface area contributed by atoms with Gasteiger partial charge in [-0.25, -0.2) is 0 Å². The van der Waals surface area contributed by atoms with Crippen molar-refractivity contribution in [2.45, 2.75) is 32.6 Å². The van der Waals surface area contributed by atoms with E-state index in [0.29, 0.717) is 65.1 Å². The van der Waals surface area contributed by atoms with E-state index in [1.165, 1.54) is 0 Å². The number of carbonyl (C=O) groups is 2. The minimum absolute atomic E-state index is 0.0717. The Labute approximate surface area is 125 Å². The molecule has 6 nitrogen and oxygen atoms in total. The van der Waals surface area contributed by atoms with E-state index in [-0.39, 0.29) is 17.8 Å². The van der Waals surface area contributed by atoms with Gasteiger partial charge in [-0.3, -0.25) is 9.59 Å². The molecular formula is C15H26N2O4. The summed E-state index contributed by atoms with van der Waals surface area (Å²) in [5.41, 5.74) is 5.42. The quantitative estimate of drug-likeness (QED) is 0.766. The van der Waals surface area contributed by atoms with E-state index in [2.05, 4.69) is 0 Å². The molecule has 2 N–H and O–H groups in total. The van der Waals surface area contributed by atoms with Gasteiger partial charge in [0.15, 0.2) is 0 Å². The summed E-state index contributed by atoms with van der Waals surface area (Å²) in [5, 5.41) is 0. The SMILES string of the molecule is CCOC(=O)C1CCN(C(=O)C2(CN)CCOCC2)CC1. The highest BCUT2D eigenvalue weighted by molar-refractivity contribution is 5.83. The Morgan fingerprint density at radius 3 is 2.43 bits per heavy atom. The van der Waals surface area contributed by atoms with Crippen molar-refractivity contribution in [3.63, 3.8) is 0 Å². The third-order valence-corrected chi connectivity index (χ3v) is 4.70. The lowest BCUT2D eigenvalue weighted by molar-refractivity contribution is -0.155. The van der Waals surface area contributed by atoms with Crippen molar-refractivity contribution >= 4 is 11.9 Å². The van der Waals surface area contributed by atoms with E-state index in [0.717, 1.165) is 0 Å². The first-order valence-electron chi connectivity index (χ1n) is 7.87. The van der Waals surface area contributed by atoms with Gasteiger partial charge < -0.3 is 20.1 Å². The van der Waals surface area contributed by atoms with Gasteiger partial charge in [0, 0.05) is 32.8 Å². The maximum Gasteiger partial charge on any atom is 0.309 e. The van der Waals surface area contributed by atoms with Crippen LogP contribution in [0.3, 0.4) is 0 Å². The Bertz CT molecular complexity index is 372. The lowest BCUT2D eigenvalue weighted by atomic mass is 9.78. The fraction of sp³-hybridized carbons (Fsp3) is 0.867. The van der Waals surface area contributed by atoms with Crippen LogP contribution in [0, 0.1) is 11.3 Å². The average molecular weight is 298 g/mol. The smallest absolute Gasteiger partial charge is 0.309 e. The van der Waals surface area contributed by atoms with Crippen LogP contribution in [0.4, 0.5) is 0 Å². The Morgan fingerprint density at radius 2 is 1.90 bits per heavy atom. The summed E-state index contributed by atoms with van der Waals surface area (Å²) < 4.78 is 10.4. The zero-order valence-corrected chi connectivity index (χ0v) is 12.8. The highest BCUT2D eigenvalue weighted by atomic mass is 16.5. The van der Waals surface area contributed by atoms with Gasteiger partial charge in [0.1, 0.15) is 0 Å². The highest BCUT2D eigenvalue weighted by Gasteiger charge is 2.42. The summed E-state index contributed by atoms with van der Waals surface area (Å²) in [5.74, 6) is -0.0719. The molecule has 0 aromatic rings. The molecule has 1 amide bonds. The van der Waals surface area contributed by atoms with Gasteiger partial charge in [0.25, 0.3) is 0 Å². The van der Waals surface area contributed by atoms with Crippen molar-refractivity contribution in [1.82, 2.24) is 4.90 Å². The minimum Gasteiger partial charge on any atom is -0.466 e. The molecule has 0 radical (unpaired) electrons. The van der Waals surface area contributed by atoms with Gasteiger partial charge >= 0.3 is 5.97 Å². The normalized spacial score (nSPS) is 22.9. The third kappa shape index (κ3) is 3.55. The number of nitrogens with zero attached hydrogens (tertiary/aromatic N) is 1. The second kappa shape index (κ2) is 7.22. The zero-order valence-electron chi connectivity index (χ0n) is 12.8. The standard InChI is InChI=1S/C15H26N2O4/c1-2-21-13(18)12-3-7-17(8-4-12)14(19)15(11-16)5-9-20-10-6-15/h12H,2-11,16H2,1H3. The van der Waals surface area contributed by atoms with Crippen molar-refractivity contribution < 1.29 is 19.1 Å². The molecule has 0 bridgehead atoms. The molecule has 2 aliphatic rings. The van der Waals surface area contributed by atoms with E-state index in [9.17, 15) is 9.59 Å². The molecule has 2 rings (SSSR count). The van der Waals surface area contributed by atoms with Crippen molar-refractivity contribution in [2.24, 2.45) is 17.1 Å². The molecule has 2 saturated heterocycles. The third-order valence-electron chi connectivity index (χ3n) is 4.70. The first kappa shape index (κ1) is 16.2. The number of piperidine rings is 1. The van der Waals surface area contributed by atoms with Crippen LogP contribution in [0.1, 0.15) is 32.6 Å². The first-order chi connectivity index (χ1) is 10.1. The molecule has 2 heterocycles. The van der Waals surface area contributed by atoms with Crippen LogP contribution < -0.4 is 5.73 Å². The van der Waals surface area contributed by atoms with Crippen LogP contribution >= 0.6 is 0 Å². The molecule has 0 unspecified atom stereocenters. The second-order valence-electron chi connectivity index (χ2n) is 5.92. The Balaban J connectivity index is 1.91. The number of likely N-dealkylation sites (tertiary alicyclic amines) is 1. The fourth-order valence-electron chi connectivity index (χ4n) is 3.18. The molecule has 0 aliphatic carbocycles. The van der Waals surface area contributed by atoms with Gasteiger partial charge in [-0.1, -0.05) is 0 Å². The summed E-state index contributed by atoms with van der Waals surface area (Å²) in [6.45, 7) is 5.02. The van der Waals surface area contributed by atoms with E-state index < -0.39 is 5.41 Å². The van der Waals surface area contributed by atoms with Crippen LogP contribution in [0.2, 0.25) is 0 Å². The maximum absolute atomic E-state index is 12.8. The van der Waals surface area contributed by atoms with Crippen LogP contribution in [0.5, 0.6) is 0 Å². The summed E-state index contributed by atoms with van der Waals surface area (Å²) in [4.78, 5) is 26.4. The van der Waals surface area contributed by atoms with Gasteiger partial charge in [-0.05, 0) is 32.6 Å². The minimum atomic E-state index is -0.463. The number of carbonyl (C=O) groups excluding carboxylic acids is 2. The predicted molar refractivity (Wildman–Crippen MR) is 77.5 cm³/mol. The van der Waals surface area contributed by atoms with Crippen molar-refractivity contribution in [1.29, 1.82) is 0 Å². The number of rotatable bonds is 4. The number of ether oxygens (including phenoxy) is 2. The Hall–Kier alpha value is -1.14. The van der Waals surface area contributed by atoms with Gasteiger partial charge in [0.2, 0.25) is 5.91 Å². The maximum atomic E-state index is 12.8. The Kier molecular flexibility index (Phi) is 5.58. The van der Waals surface area contributed by atoms with E-state index >= 15 is 0 Å². The number of hydrogen-bond donors (Lipinski definition) is 1. The van der Waals surface area contributed by atoms with Crippen LogP contribution in [0.25, 0.3) is 0 Å². The lowest BCUT2D eigenvalue weighted by Gasteiger charge is -2.41. The zero-order chi connectivity index (χ0) is 15.3.